The van der Waals surface area contributed by atoms with Gasteiger partial charge in [0.05, 0.1) is 25.7 Å². The number of likely N-dealkylation sites (tertiary alicyclic amines) is 1. The number of anilines is 1. The molecule has 5 rings (SSSR count). The highest BCUT2D eigenvalue weighted by atomic mass is 32.2. The molecule has 0 atom stereocenters. The highest BCUT2D eigenvalue weighted by Crippen LogP contribution is 2.37. The molecule has 1 aliphatic rings. The number of hydrogen-bond donors (Lipinski definition) is 2. The molecule has 3 heterocycles. The lowest BCUT2D eigenvalue weighted by Crippen LogP contribution is -2.61. The molecule has 0 aliphatic carbocycles. The molecule has 0 unspecified atom stereocenters. The molecule has 0 radical (unpaired) electrons. The van der Waals surface area contributed by atoms with E-state index in [0.29, 0.717) is 28.2 Å². The summed E-state index contributed by atoms with van der Waals surface area (Å²) in [7, 11) is -2.42. The van der Waals surface area contributed by atoms with Gasteiger partial charge in [-0.2, -0.15) is 0 Å². The number of carbonyl (C=O) groups is 1. The zero-order valence-corrected chi connectivity index (χ0v) is 19.6. The number of nitrogens with one attached hydrogen (secondary N) is 1. The minimum absolute atomic E-state index is 0.0708. The summed E-state index contributed by atoms with van der Waals surface area (Å²) in [5, 5.41) is 11.6. The van der Waals surface area contributed by atoms with Crippen LogP contribution in [0.25, 0.3) is 10.9 Å². The zero-order chi connectivity index (χ0) is 24.6. The predicted octanol–water partition coefficient (Wildman–Crippen LogP) is 2.78. The van der Waals surface area contributed by atoms with Crippen molar-refractivity contribution >= 4 is 32.5 Å². The highest BCUT2D eigenvalue weighted by Gasteiger charge is 2.47. The van der Waals surface area contributed by atoms with E-state index in [1.807, 2.05) is 0 Å². The molecule has 2 aromatic heterocycles. The fraction of sp³-hybridized carbons (Fsp3) is 0.160. The van der Waals surface area contributed by atoms with Crippen LogP contribution >= 0.6 is 0 Å². The van der Waals surface area contributed by atoms with Crippen LogP contribution in [0.2, 0.25) is 0 Å². The Morgan fingerprint density at radius 2 is 1.69 bits per heavy atom. The van der Waals surface area contributed by atoms with E-state index in [0.717, 1.165) is 5.39 Å². The van der Waals surface area contributed by atoms with Crippen molar-refractivity contribution in [3.63, 3.8) is 0 Å². The van der Waals surface area contributed by atoms with Crippen LogP contribution in [0, 0.1) is 0 Å². The van der Waals surface area contributed by atoms with Gasteiger partial charge in [0.15, 0.2) is 0 Å². The van der Waals surface area contributed by atoms with E-state index in [-0.39, 0.29) is 23.9 Å². The number of rotatable bonds is 6. The summed E-state index contributed by atoms with van der Waals surface area (Å²) in [6.45, 7) is 0.187. The Bertz CT molecular complexity index is 1510. The summed E-state index contributed by atoms with van der Waals surface area (Å²) in [6.07, 6.45) is 3.11. The minimum Gasteiger partial charge on any atom is -0.481 e. The molecule has 1 saturated heterocycles. The second kappa shape index (κ2) is 8.64. The summed E-state index contributed by atoms with van der Waals surface area (Å²) in [5.74, 6) is 0.0466. The van der Waals surface area contributed by atoms with Crippen LogP contribution in [0.4, 0.5) is 5.69 Å². The Kier molecular flexibility index (Phi) is 5.62. The summed E-state index contributed by atoms with van der Waals surface area (Å²) in [5.41, 5.74) is 0.357. The van der Waals surface area contributed by atoms with Crippen LogP contribution in [0.1, 0.15) is 15.9 Å². The predicted molar refractivity (Wildman–Crippen MR) is 130 cm³/mol. The average molecular weight is 491 g/mol. The number of aliphatic hydroxyl groups is 1. The first-order chi connectivity index (χ1) is 16.8. The SMILES string of the molecule is COc1ncccc1C1(O)CN(C(=O)c2ccc(NS(=O)(=O)c3cccc4cccnc34)cc2)C1. The molecule has 1 fully saturated rings. The molecule has 2 N–H and O–H groups in total. The van der Waals surface area contributed by atoms with Crippen LogP contribution in [-0.4, -0.2) is 54.5 Å². The average Bonchev–Trinajstić information content (AvgIpc) is 2.86. The Balaban J connectivity index is 1.29. The van der Waals surface area contributed by atoms with E-state index in [2.05, 4.69) is 14.7 Å². The van der Waals surface area contributed by atoms with Gasteiger partial charge in [0.2, 0.25) is 5.88 Å². The molecular formula is C25H22N4O5S. The van der Waals surface area contributed by atoms with Gasteiger partial charge in [0.1, 0.15) is 10.5 Å². The Hall–Kier alpha value is -4.02. The number of aromatic nitrogens is 2. The maximum Gasteiger partial charge on any atom is 0.264 e. The molecule has 0 bridgehead atoms. The van der Waals surface area contributed by atoms with E-state index in [9.17, 15) is 18.3 Å². The normalized spacial score (nSPS) is 14.9. The van der Waals surface area contributed by atoms with E-state index in [1.165, 1.54) is 30.2 Å². The fourth-order valence-electron chi connectivity index (χ4n) is 4.17. The van der Waals surface area contributed by atoms with Crippen molar-refractivity contribution in [3.8, 4) is 5.88 Å². The summed E-state index contributed by atoms with van der Waals surface area (Å²) in [6, 6.07) is 18.1. The number of nitrogens with zero attached hydrogens (tertiary/aromatic N) is 3. The van der Waals surface area contributed by atoms with Crippen LogP contribution in [0.15, 0.2) is 84.0 Å². The number of pyridine rings is 2. The number of para-hydroxylation sites is 1. The van der Waals surface area contributed by atoms with Gasteiger partial charge in [-0.3, -0.25) is 14.5 Å². The largest absolute Gasteiger partial charge is 0.481 e. The highest BCUT2D eigenvalue weighted by molar-refractivity contribution is 7.93. The number of benzene rings is 2. The number of carbonyl (C=O) groups excluding carboxylic acids is 1. The Labute approximate surface area is 202 Å². The van der Waals surface area contributed by atoms with Crippen molar-refractivity contribution in [2.75, 3.05) is 24.9 Å². The summed E-state index contributed by atoms with van der Waals surface area (Å²) < 4.78 is 33.7. The smallest absolute Gasteiger partial charge is 0.264 e. The van der Waals surface area contributed by atoms with Crippen LogP contribution < -0.4 is 9.46 Å². The van der Waals surface area contributed by atoms with Crippen molar-refractivity contribution in [1.29, 1.82) is 0 Å². The number of amides is 1. The Morgan fingerprint density at radius 3 is 2.43 bits per heavy atom. The van der Waals surface area contributed by atoms with Gasteiger partial charge in [-0.1, -0.05) is 18.2 Å². The number of methoxy groups -OCH3 is 1. The van der Waals surface area contributed by atoms with Gasteiger partial charge in [-0.25, -0.2) is 13.4 Å². The molecule has 35 heavy (non-hydrogen) atoms. The molecule has 178 valence electrons. The van der Waals surface area contributed by atoms with Gasteiger partial charge in [0.25, 0.3) is 15.9 Å². The fourth-order valence-corrected chi connectivity index (χ4v) is 5.41. The van der Waals surface area contributed by atoms with Crippen molar-refractivity contribution in [3.05, 3.63) is 90.3 Å². The monoisotopic (exact) mass is 490 g/mol. The van der Waals surface area contributed by atoms with Crippen LogP contribution in [-0.2, 0) is 15.6 Å². The van der Waals surface area contributed by atoms with Gasteiger partial charge < -0.3 is 14.7 Å². The molecule has 0 saturated carbocycles. The van der Waals surface area contributed by atoms with E-state index < -0.39 is 15.6 Å². The van der Waals surface area contributed by atoms with Crippen molar-refractivity contribution < 1.29 is 23.1 Å². The van der Waals surface area contributed by atoms with Crippen molar-refractivity contribution in [1.82, 2.24) is 14.9 Å². The molecular weight excluding hydrogens is 468 g/mol. The lowest BCUT2D eigenvalue weighted by molar-refractivity contribution is -0.0877. The second-order valence-corrected chi connectivity index (χ2v) is 9.92. The van der Waals surface area contributed by atoms with Gasteiger partial charge >= 0.3 is 0 Å². The first-order valence-electron chi connectivity index (χ1n) is 10.8. The molecule has 4 aromatic rings. The van der Waals surface area contributed by atoms with E-state index >= 15 is 0 Å². The third-order valence-corrected chi connectivity index (χ3v) is 7.34. The first-order valence-corrected chi connectivity index (χ1v) is 12.3. The molecule has 0 spiro atoms. The maximum absolute atomic E-state index is 13.0. The third-order valence-electron chi connectivity index (χ3n) is 5.93. The van der Waals surface area contributed by atoms with Gasteiger partial charge in [-0.15, -0.1) is 0 Å². The maximum atomic E-state index is 13.0. The number of hydrogen-bond acceptors (Lipinski definition) is 7. The van der Waals surface area contributed by atoms with Gasteiger partial charge in [-0.05, 0) is 48.5 Å². The second-order valence-electron chi connectivity index (χ2n) is 8.27. The summed E-state index contributed by atoms with van der Waals surface area (Å²) in [4.78, 5) is 22.8. The number of ether oxygens (including phenoxy) is 1. The number of fused-ring (bicyclic) bond motifs is 1. The zero-order valence-electron chi connectivity index (χ0n) is 18.7. The van der Waals surface area contributed by atoms with Crippen LogP contribution in [0.3, 0.4) is 0 Å². The molecule has 2 aromatic carbocycles. The first kappa shape index (κ1) is 22.8. The molecule has 1 amide bonds. The lowest BCUT2D eigenvalue weighted by Gasteiger charge is -2.46. The number of β-amino-alcohol motifs (C(OH)–C–C–N with tert-alkyl or cyclic N) is 1. The standard InChI is InChI=1S/C25H22N4O5S/c1-34-23-20(7-4-14-27-23)25(31)15-29(16-25)24(30)18-9-11-19(12-10-18)28-35(32,33)21-8-2-5-17-6-3-13-26-22(17)21/h2-14,28,31H,15-16H2,1H3. The summed E-state index contributed by atoms with van der Waals surface area (Å²) >= 11 is 0. The molecule has 10 heteroatoms. The molecule has 1 aliphatic heterocycles. The molecule has 9 nitrogen and oxygen atoms in total. The van der Waals surface area contributed by atoms with Crippen LogP contribution in [0.5, 0.6) is 5.88 Å². The Morgan fingerprint density at radius 1 is 1.00 bits per heavy atom. The lowest BCUT2D eigenvalue weighted by atomic mass is 9.86. The minimum atomic E-state index is -3.89. The van der Waals surface area contributed by atoms with E-state index in [1.54, 1.807) is 60.9 Å². The van der Waals surface area contributed by atoms with E-state index in [4.69, 9.17) is 4.74 Å². The van der Waals surface area contributed by atoms with Crippen molar-refractivity contribution in [2.45, 2.75) is 10.5 Å². The van der Waals surface area contributed by atoms with Crippen molar-refractivity contribution in [2.24, 2.45) is 0 Å². The quantitative estimate of drug-likeness (QED) is 0.426. The van der Waals surface area contributed by atoms with Gasteiger partial charge in [0, 0.05) is 34.6 Å². The topological polar surface area (TPSA) is 122 Å². The number of sulfonamides is 1. The third kappa shape index (κ3) is 4.17.